The maximum Gasteiger partial charge on any atom is 0.288 e. The first-order chi connectivity index (χ1) is 16.4. The third kappa shape index (κ3) is 3.96. The zero-order valence-electron chi connectivity index (χ0n) is 19.4. The van der Waals surface area contributed by atoms with Crippen LogP contribution in [0.25, 0.3) is 22.0 Å². The number of benzene rings is 1. The van der Waals surface area contributed by atoms with Crippen LogP contribution in [0.1, 0.15) is 58.9 Å². The predicted octanol–water partition coefficient (Wildman–Crippen LogP) is 4.03. The Hall–Kier alpha value is -3.94. The zero-order chi connectivity index (χ0) is 23.8. The highest BCUT2D eigenvalue weighted by Gasteiger charge is 2.24. The van der Waals surface area contributed by atoms with E-state index in [1.807, 2.05) is 50.4 Å². The van der Waals surface area contributed by atoms with E-state index < -0.39 is 0 Å². The van der Waals surface area contributed by atoms with E-state index in [1.54, 1.807) is 6.20 Å². The van der Waals surface area contributed by atoms with Crippen LogP contribution in [0.3, 0.4) is 0 Å². The molecule has 1 amide bonds. The van der Waals surface area contributed by atoms with Crippen molar-refractivity contribution in [3.8, 4) is 11.1 Å². The van der Waals surface area contributed by atoms with E-state index in [4.69, 9.17) is 5.73 Å². The molecule has 4 N–H and O–H groups in total. The van der Waals surface area contributed by atoms with Crippen molar-refractivity contribution in [1.29, 1.82) is 0 Å². The molecule has 0 atom stereocenters. The number of rotatable bonds is 5. The summed E-state index contributed by atoms with van der Waals surface area (Å²) in [6.45, 7) is 4.21. The summed E-state index contributed by atoms with van der Waals surface area (Å²) in [4.78, 5) is 29.9. The number of carbonyl (C=O) groups is 1. The fourth-order valence-electron chi connectivity index (χ4n) is 4.86. The Labute approximate surface area is 197 Å². The van der Waals surface area contributed by atoms with Crippen molar-refractivity contribution in [1.82, 2.24) is 25.1 Å². The van der Waals surface area contributed by atoms with Crippen LogP contribution < -0.4 is 16.6 Å². The summed E-state index contributed by atoms with van der Waals surface area (Å²) in [5, 5.41) is 10.1. The Kier molecular flexibility index (Phi) is 5.65. The number of aryl methyl sites for hydroxylation is 2. The molecule has 5 rings (SSSR count). The van der Waals surface area contributed by atoms with Gasteiger partial charge in [0.05, 0.1) is 17.6 Å². The highest BCUT2D eigenvalue weighted by molar-refractivity contribution is 6.02. The lowest BCUT2D eigenvalue weighted by molar-refractivity contribution is 0.0949. The van der Waals surface area contributed by atoms with E-state index in [0.29, 0.717) is 28.8 Å². The first-order valence-electron chi connectivity index (χ1n) is 11.6. The molecule has 1 saturated carbocycles. The van der Waals surface area contributed by atoms with Crippen molar-refractivity contribution in [3.63, 3.8) is 0 Å². The number of anilines is 1. The van der Waals surface area contributed by atoms with Gasteiger partial charge in [0.25, 0.3) is 11.5 Å². The van der Waals surface area contributed by atoms with Gasteiger partial charge in [0.2, 0.25) is 0 Å². The molecule has 1 aliphatic rings. The molecular formula is C26H28N6O2. The molecule has 34 heavy (non-hydrogen) atoms. The Morgan fingerprint density at radius 2 is 2.00 bits per heavy atom. The van der Waals surface area contributed by atoms with Crippen LogP contribution >= 0.6 is 0 Å². The lowest BCUT2D eigenvalue weighted by Crippen LogP contribution is -2.24. The van der Waals surface area contributed by atoms with Gasteiger partial charge in [-0.3, -0.25) is 14.6 Å². The number of amides is 1. The topological polar surface area (TPSA) is 119 Å². The number of nitrogens with one attached hydrogen (secondary N) is 2. The smallest absolute Gasteiger partial charge is 0.288 e. The molecule has 0 aliphatic heterocycles. The molecule has 0 bridgehead atoms. The minimum atomic E-state index is -0.235. The minimum absolute atomic E-state index is 0.121. The Bertz CT molecular complexity index is 1430. The second-order valence-electron chi connectivity index (χ2n) is 9.09. The summed E-state index contributed by atoms with van der Waals surface area (Å²) < 4.78 is 2.06. The average molecular weight is 457 g/mol. The number of H-pyrrole nitrogens is 1. The molecule has 174 valence electrons. The third-order valence-corrected chi connectivity index (χ3v) is 6.70. The van der Waals surface area contributed by atoms with Crippen LogP contribution in [0.15, 0.2) is 47.5 Å². The molecule has 8 nitrogen and oxygen atoms in total. The van der Waals surface area contributed by atoms with Gasteiger partial charge in [-0.05, 0) is 44.4 Å². The predicted molar refractivity (Wildman–Crippen MR) is 133 cm³/mol. The fraction of sp³-hybridized carbons (Fsp3) is 0.308. The summed E-state index contributed by atoms with van der Waals surface area (Å²) in [6.07, 6.45) is 8.16. The molecule has 0 radical (unpaired) electrons. The molecular weight excluding hydrogens is 428 g/mol. The summed E-state index contributed by atoms with van der Waals surface area (Å²) in [6, 6.07) is 9.94. The molecule has 8 heteroatoms. The van der Waals surface area contributed by atoms with E-state index in [0.717, 1.165) is 53.6 Å². The molecule has 3 heterocycles. The van der Waals surface area contributed by atoms with Crippen LogP contribution in [0.5, 0.6) is 0 Å². The van der Waals surface area contributed by atoms with Gasteiger partial charge in [0, 0.05) is 35.1 Å². The van der Waals surface area contributed by atoms with E-state index in [2.05, 4.69) is 25.1 Å². The fourth-order valence-corrected chi connectivity index (χ4v) is 4.86. The second kappa shape index (κ2) is 8.78. The number of aromatic nitrogens is 4. The lowest BCUT2D eigenvalue weighted by Gasteiger charge is -2.12. The van der Waals surface area contributed by atoms with Gasteiger partial charge >= 0.3 is 0 Å². The lowest BCUT2D eigenvalue weighted by atomic mass is 10.1. The molecule has 1 aliphatic carbocycles. The number of carbonyl (C=O) groups excluding carboxylic acids is 1. The van der Waals surface area contributed by atoms with Crippen LogP contribution in [0, 0.1) is 13.8 Å². The Morgan fingerprint density at radius 1 is 1.21 bits per heavy atom. The number of nitrogens with zero attached hydrogens (tertiary/aromatic N) is 3. The van der Waals surface area contributed by atoms with Crippen molar-refractivity contribution in [2.75, 3.05) is 5.73 Å². The van der Waals surface area contributed by atoms with Crippen molar-refractivity contribution >= 4 is 22.6 Å². The first-order valence-corrected chi connectivity index (χ1v) is 11.6. The van der Waals surface area contributed by atoms with Crippen LogP contribution in [-0.2, 0) is 6.54 Å². The largest absolute Gasteiger partial charge is 0.382 e. The summed E-state index contributed by atoms with van der Waals surface area (Å²) in [5.41, 5.74) is 11.6. The van der Waals surface area contributed by atoms with Crippen molar-refractivity contribution in [2.24, 2.45) is 0 Å². The average Bonchev–Trinajstić information content (AvgIpc) is 3.50. The molecule has 0 saturated heterocycles. The number of hydrogen-bond donors (Lipinski definition) is 3. The minimum Gasteiger partial charge on any atom is -0.382 e. The molecule has 4 aromatic rings. The standard InChI is InChI=1S/C26H28N6O2/c1-15-7-8-16(2)20(11-15)25(33)29-13-18-10-9-17(12-28-18)21-14-32(19-5-3-4-6-19)23-22(21)24(27)30-31-26(23)34/h7-12,14,19H,3-6,13H2,1-2H3,(H2,27,30)(H,29,33)(H,31,34). The zero-order valence-corrected chi connectivity index (χ0v) is 19.4. The monoisotopic (exact) mass is 456 g/mol. The number of pyridine rings is 1. The van der Waals surface area contributed by atoms with Gasteiger partial charge in [-0.2, -0.15) is 5.10 Å². The molecule has 1 aromatic carbocycles. The third-order valence-electron chi connectivity index (χ3n) is 6.70. The van der Waals surface area contributed by atoms with Crippen molar-refractivity contribution in [2.45, 2.75) is 52.1 Å². The van der Waals surface area contributed by atoms with Crippen LogP contribution in [0.4, 0.5) is 5.82 Å². The van der Waals surface area contributed by atoms with Gasteiger partial charge in [-0.1, -0.05) is 36.6 Å². The van der Waals surface area contributed by atoms with Crippen LogP contribution in [0.2, 0.25) is 0 Å². The molecule has 0 unspecified atom stereocenters. The summed E-state index contributed by atoms with van der Waals surface area (Å²) >= 11 is 0. The second-order valence-corrected chi connectivity index (χ2v) is 9.09. The highest BCUT2D eigenvalue weighted by atomic mass is 16.1. The van der Waals surface area contributed by atoms with Gasteiger partial charge < -0.3 is 15.6 Å². The molecule has 3 aromatic heterocycles. The van der Waals surface area contributed by atoms with Gasteiger partial charge in [0.1, 0.15) is 5.52 Å². The Balaban J connectivity index is 1.42. The number of aromatic amines is 1. The number of hydrogen-bond acceptors (Lipinski definition) is 5. The number of nitrogens with two attached hydrogens (primary N) is 1. The maximum atomic E-state index is 12.7. The molecule has 0 spiro atoms. The normalized spacial score (nSPS) is 14.1. The van der Waals surface area contributed by atoms with Gasteiger partial charge in [-0.25, -0.2) is 5.10 Å². The van der Waals surface area contributed by atoms with Crippen LogP contribution in [-0.4, -0.2) is 25.7 Å². The molecule has 1 fully saturated rings. The number of nitrogen functional groups attached to an aromatic ring is 1. The van der Waals surface area contributed by atoms with Gasteiger partial charge in [0.15, 0.2) is 5.82 Å². The van der Waals surface area contributed by atoms with E-state index in [1.165, 1.54) is 0 Å². The SMILES string of the molecule is Cc1ccc(C)c(C(=O)NCc2ccc(-c3cn(C4CCCC4)c4c(=O)[nH]nc(N)c34)cn2)c1. The van der Waals surface area contributed by atoms with E-state index in [9.17, 15) is 9.59 Å². The van der Waals surface area contributed by atoms with Crippen molar-refractivity contribution in [3.05, 3.63) is 75.5 Å². The van der Waals surface area contributed by atoms with E-state index in [-0.39, 0.29) is 17.5 Å². The Morgan fingerprint density at radius 3 is 2.74 bits per heavy atom. The maximum absolute atomic E-state index is 12.7. The first kappa shape index (κ1) is 21.9. The van der Waals surface area contributed by atoms with Gasteiger partial charge in [-0.15, -0.1) is 0 Å². The summed E-state index contributed by atoms with van der Waals surface area (Å²) in [5.74, 6) is 0.177. The highest BCUT2D eigenvalue weighted by Crippen LogP contribution is 2.37. The van der Waals surface area contributed by atoms with E-state index >= 15 is 0 Å². The van der Waals surface area contributed by atoms with Crippen molar-refractivity contribution < 1.29 is 4.79 Å². The quantitative estimate of drug-likeness (QED) is 0.419. The number of fused-ring (bicyclic) bond motifs is 1. The summed E-state index contributed by atoms with van der Waals surface area (Å²) in [7, 11) is 0.